The van der Waals surface area contributed by atoms with Crippen LogP contribution in [0.1, 0.15) is 27.2 Å². The van der Waals surface area contributed by atoms with Crippen LogP contribution in [0.2, 0.25) is 0 Å². The molecule has 7 heteroatoms. The monoisotopic (exact) mass is 248 g/mol. The molecule has 7 nitrogen and oxygen atoms in total. The fourth-order valence-corrected chi connectivity index (χ4v) is 0.873. The molecule has 0 amide bonds. The van der Waals surface area contributed by atoms with Gasteiger partial charge in [-0.25, -0.2) is 10.7 Å². The zero-order valence-corrected chi connectivity index (χ0v) is 10.4. The highest BCUT2D eigenvalue weighted by Gasteiger charge is 2.30. The standard InChI is InChI=1S/C10H20N2O5/c1-7(4-5-11)8(13)15-6-16-9(14)10(2,3)17-12/h7H,4-6,11-12H2,1-3H3. The van der Waals surface area contributed by atoms with Gasteiger partial charge < -0.3 is 15.2 Å². The Kier molecular flexibility index (Phi) is 6.71. The minimum atomic E-state index is -1.27. The molecule has 100 valence electrons. The molecule has 0 aromatic carbocycles. The van der Waals surface area contributed by atoms with Gasteiger partial charge in [0.15, 0.2) is 5.60 Å². The Bertz CT molecular complexity index is 267. The van der Waals surface area contributed by atoms with Gasteiger partial charge in [-0.05, 0) is 26.8 Å². The summed E-state index contributed by atoms with van der Waals surface area (Å²) in [5.41, 5.74) is 4.03. The van der Waals surface area contributed by atoms with Crippen LogP contribution in [-0.4, -0.2) is 30.9 Å². The van der Waals surface area contributed by atoms with E-state index < -0.39 is 24.3 Å². The van der Waals surface area contributed by atoms with Gasteiger partial charge in [-0.2, -0.15) is 0 Å². The number of carbonyl (C=O) groups excluding carboxylic acids is 2. The minimum absolute atomic E-state index is 0.322. The van der Waals surface area contributed by atoms with Gasteiger partial charge in [-0.1, -0.05) is 6.92 Å². The normalized spacial score (nSPS) is 13.0. The van der Waals surface area contributed by atoms with E-state index in [0.717, 1.165) is 0 Å². The van der Waals surface area contributed by atoms with Crippen LogP contribution in [0.25, 0.3) is 0 Å². The lowest BCUT2D eigenvalue weighted by Gasteiger charge is -2.19. The van der Waals surface area contributed by atoms with E-state index >= 15 is 0 Å². The molecule has 0 aliphatic heterocycles. The zero-order valence-electron chi connectivity index (χ0n) is 10.4. The van der Waals surface area contributed by atoms with Crippen LogP contribution in [0, 0.1) is 5.92 Å². The van der Waals surface area contributed by atoms with Crippen molar-refractivity contribution in [1.82, 2.24) is 0 Å². The summed E-state index contributed by atoms with van der Waals surface area (Å²) in [5, 5.41) is 0. The number of carbonyl (C=O) groups is 2. The molecule has 1 unspecified atom stereocenters. The third kappa shape index (κ3) is 5.62. The van der Waals surface area contributed by atoms with E-state index in [-0.39, 0.29) is 5.92 Å². The maximum atomic E-state index is 11.3. The van der Waals surface area contributed by atoms with Crippen molar-refractivity contribution in [3.05, 3.63) is 0 Å². The minimum Gasteiger partial charge on any atom is -0.428 e. The number of esters is 2. The van der Waals surface area contributed by atoms with E-state index in [2.05, 4.69) is 9.57 Å². The van der Waals surface area contributed by atoms with E-state index in [0.29, 0.717) is 13.0 Å². The molecule has 0 fully saturated rings. The maximum absolute atomic E-state index is 11.3. The predicted octanol–water partition coefficient (Wildman–Crippen LogP) is -0.316. The molecule has 0 aromatic rings. The van der Waals surface area contributed by atoms with Gasteiger partial charge in [0.25, 0.3) is 0 Å². The summed E-state index contributed by atoms with van der Waals surface area (Å²) in [6.45, 7) is 4.50. The van der Waals surface area contributed by atoms with E-state index in [9.17, 15) is 9.59 Å². The fraction of sp³-hybridized carbons (Fsp3) is 0.800. The number of nitrogens with two attached hydrogens (primary N) is 2. The van der Waals surface area contributed by atoms with Crippen LogP contribution >= 0.6 is 0 Å². The first-order chi connectivity index (χ1) is 7.85. The van der Waals surface area contributed by atoms with Gasteiger partial charge in [0.1, 0.15) is 0 Å². The van der Waals surface area contributed by atoms with Crippen LogP contribution < -0.4 is 11.6 Å². The molecule has 0 saturated heterocycles. The molecule has 0 rings (SSSR count). The van der Waals surface area contributed by atoms with Crippen LogP contribution in [0.5, 0.6) is 0 Å². The van der Waals surface area contributed by atoms with E-state index in [1.54, 1.807) is 6.92 Å². The molecular weight excluding hydrogens is 228 g/mol. The summed E-state index contributed by atoms with van der Waals surface area (Å²) in [5.74, 6) is 3.41. The van der Waals surface area contributed by atoms with Crippen molar-refractivity contribution >= 4 is 11.9 Å². The fourth-order valence-electron chi connectivity index (χ4n) is 0.873. The lowest BCUT2D eigenvalue weighted by Crippen LogP contribution is -2.39. The zero-order chi connectivity index (χ0) is 13.5. The highest BCUT2D eigenvalue weighted by atomic mass is 16.7. The summed E-state index contributed by atoms with van der Waals surface area (Å²) in [7, 11) is 0. The van der Waals surface area contributed by atoms with Crippen LogP contribution in [0.3, 0.4) is 0 Å². The number of hydrogen-bond donors (Lipinski definition) is 2. The summed E-state index contributed by atoms with van der Waals surface area (Å²) in [6.07, 6.45) is 0.518. The maximum Gasteiger partial charge on any atom is 0.342 e. The SMILES string of the molecule is CC(CCN)C(=O)OCOC(=O)C(C)(C)ON. The topological polar surface area (TPSA) is 114 Å². The first kappa shape index (κ1) is 15.8. The van der Waals surface area contributed by atoms with Crippen LogP contribution in [0.15, 0.2) is 0 Å². The van der Waals surface area contributed by atoms with E-state index in [4.69, 9.17) is 16.4 Å². The summed E-state index contributed by atoms with van der Waals surface area (Å²) in [4.78, 5) is 27.1. The van der Waals surface area contributed by atoms with Crippen molar-refractivity contribution in [2.75, 3.05) is 13.3 Å². The number of ether oxygens (including phenoxy) is 2. The van der Waals surface area contributed by atoms with Crippen molar-refractivity contribution in [3.63, 3.8) is 0 Å². The average molecular weight is 248 g/mol. The predicted molar refractivity (Wildman–Crippen MR) is 59.2 cm³/mol. The Labute approximate surface area is 100 Å². The first-order valence-corrected chi connectivity index (χ1v) is 5.27. The van der Waals surface area contributed by atoms with Gasteiger partial charge >= 0.3 is 11.9 Å². The largest absolute Gasteiger partial charge is 0.428 e. The van der Waals surface area contributed by atoms with Crippen molar-refractivity contribution in [3.8, 4) is 0 Å². The van der Waals surface area contributed by atoms with Gasteiger partial charge in [-0.3, -0.25) is 9.63 Å². The van der Waals surface area contributed by atoms with Gasteiger partial charge in [0, 0.05) is 0 Å². The number of hydrogen-bond acceptors (Lipinski definition) is 7. The molecule has 0 saturated carbocycles. The number of rotatable bonds is 7. The van der Waals surface area contributed by atoms with Gasteiger partial charge in [0.05, 0.1) is 5.92 Å². The summed E-state index contributed by atoms with van der Waals surface area (Å²) in [6, 6.07) is 0. The molecule has 0 radical (unpaired) electrons. The molecule has 4 N–H and O–H groups in total. The smallest absolute Gasteiger partial charge is 0.342 e. The molecule has 0 bridgehead atoms. The molecular formula is C10H20N2O5. The quantitative estimate of drug-likeness (QED) is 0.360. The Morgan fingerprint density at radius 2 is 1.88 bits per heavy atom. The Morgan fingerprint density at radius 1 is 1.29 bits per heavy atom. The molecule has 17 heavy (non-hydrogen) atoms. The van der Waals surface area contributed by atoms with Gasteiger partial charge in [0.2, 0.25) is 6.79 Å². The van der Waals surface area contributed by atoms with Crippen molar-refractivity contribution < 1.29 is 23.9 Å². The van der Waals surface area contributed by atoms with E-state index in [1.165, 1.54) is 13.8 Å². The summed E-state index contributed by atoms with van der Waals surface area (Å²) < 4.78 is 9.41. The third-order valence-corrected chi connectivity index (χ3v) is 2.18. The molecule has 0 aromatic heterocycles. The van der Waals surface area contributed by atoms with Crippen LogP contribution in [0.4, 0.5) is 0 Å². The highest BCUT2D eigenvalue weighted by molar-refractivity contribution is 5.78. The molecule has 1 atom stereocenters. The molecule has 0 heterocycles. The second-order valence-electron chi connectivity index (χ2n) is 4.12. The molecule has 0 aliphatic carbocycles. The van der Waals surface area contributed by atoms with Crippen LogP contribution in [-0.2, 0) is 23.9 Å². The Hall–Kier alpha value is -1.18. The van der Waals surface area contributed by atoms with Crippen molar-refractivity contribution in [1.29, 1.82) is 0 Å². The Balaban J connectivity index is 3.92. The van der Waals surface area contributed by atoms with Gasteiger partial charge in [-0.15, -0.1) is 0 Å². The molecule has 0 spiro atoms. The third-order valence-electron chi connectivity index (χ3n) is 2.18. The second kappa shape index (κ2) is 7.21. The molecule has 0 aliphatic rings. The lowest BCUT2D eigenvalue weighted by molar-refractivity contribution is -0.185. The van der Waals surface area contributed by atoms with E-state index in [1.807, 2.05) is 0 Å². The highest BCUT2D eigenvalue weighted by Crippen LogP contribution is 2.09. The second-order valence-corrected chi connectivity index (χ2v) is 4.12. The summed E-state index contributed by atoms with van der Waals surface area (Å²) >= 11 is 0. The van der Waals surface area contributed by atoms with Crippen molar-refractivity contribution in [2.45, 2.75) is 32.8 Å². The van der Waals surface area contributed by atoms with Crippen molar-refractivity contribution in [2.24, 2.45) is 17.5 Å². The first-order valence-electron chi connectivity index (χ1n) is 5.27. The average Bonchev–Trinajstić information content (AvgIpc) is 2.28. The lowest BCUT2D eigenvalue weighted by atomic mass is 10.1. The Morgan fingerprint density at radius 3 is 2.35 bits per heavy atom.